The number of rotatable bonds is 6. The number of carboxylic acids is 1. The molecule has 0 bridgehead atoms. The summed E-state index contributed by atoms with van der Waals surface area (Å²) in [7, 11) is 0. The molecule has 2 aromatic rings. The maximum Gasteiger partial charge on any atom is 0.328 e. The first-order valence-electron chi connectivity index (χ1n) is 6.48. The van der Waals surface area contributed by atoms with Crippen molar-refractivity contribution in [3.8, 4) is 5.75 Å². The number of halogens is 1. The van der Waals surface area contributed by atoms with Crippen molar-refractivity contribution in [2.75, 3.05) is 0 Å². The van der Waals surface area contributed by atoms with Crippen molar-refractivity contribution in [1.82, 2.24) is 0 Å². The Bertz CT molecular complexity index is 661. The number of hydrogen-bond donors (Lipinski definition) is 1. The molecule has 0 saturated carbocycles. The summed E-state index contributed by atoms with van der Waals surface area (Å²) in [6.45, 7) is 2.50. The number of ether oxygens (including phenoxy) is 1. The summed E-state index contributed by atoms with van der Waals surface area (Å²) in [6, 6.07) is 7.55. The van der Waals surface area contributed by atoms with Crippen LogP contribution < -0.4 is 4.74 Å². The molecule has 0 aliphatic carbocycles. The lowest BCUT2D eigenvalue weighted by Crippen LogP contribution is -1.94. The highest BCUT2D eigenvalue weighted by Gasteiger charge is 2.03. The molecule has 0 atom stereocenters. The van der Waals surface area contributed by atoms with Crippen LogP contribution >= 0.6 is 22.9 Å². The van der Waals surface area contributed by atoms with E-state index in [1.54, 1.807) is 6.08 Å². The van der Waals surface area contributed by atoms with E-state index in [1.165, 1.54) is 11.3 Å². The van der Waals surface area contributed by atoms with Crippen LogP contribution in [-0.4, -0.2) is 11.1 Å². The number of carboxylic acid groups (broad SMARTS) is 1. The lowest BCUT2D eigenvalue weighted by molar-refractivity contribution is -0.131. The largest absolute Gasteiger partial charge is 0.488 e. The van der Waals surface area contributed by atoms with Gasteiger partial charge in [-0.1, -0.05) is 18.5 Å². The predicted molar refractivity (Wildman–Crippen MR) is 86.2 cm³/mol. The summed E-state index contributed by atoms with van der Waals surface area (Å²) in [5.74, 6) is -0.167. The highest BCUT2D eigenvalue weighted by atomic mass is 35.5. The Kier molecular flexibility index (Phi) is 5.42. The molecule has 1 aromatic carbocycles. The zero-order chi connectivity index (χ0) is 15.2. The average molecular weight is 323 g/mol. The maximum atomic E-state index is 10.5. The number of benzene rings is 1. The van der Waals surface area contributed by atoms with Crippen LogP contribution in [0.2, 0.25) is 5.02 Å². The summed E-state index contributed by atoms with van der Waals surface area (Å²) >= 11 is 7.61. The van der Waals surface area contributed by atoms with Crippen molar-refractivity contribution in [2.24, 2.45) is 0 Å². The van der Waals surface area contributed by atoms with Crippen LogP contribution in [0.3, 0.4) is 0 Å². The van der Waals surface area contributed by atoms with E-state index in [4.69, 9.17) is 21.4 Å². The van der Waals surface area contributed by atoms with Gasteiger partial charge in [-0.25, -0.2) is 4.79 Å². The van der Waals surface area contributed by atoms with Crippen LogP contribution in [0.1, 0.15) is 22.9 Å². The molecule has 21 heavy (non-hydrogen) atoms. The van der Waals surface area contributed by atoms with E-state index >= 15 is 0 Å². The Labute approximate surface area is 132 Å². The SMILES string of the molecule is CCc1cc(OCc2cc(C=CC(=O)O)cs2)ccc1Cl. The van der Waals surface area contributed by atoms with Crippen LogP contribution in [-0.2, 0) is 17.8 Å². The smallest absolute Gasteiger partial charge is 0.328 e. The Hall–Kier alpha value is -1.78. The Morgan fingerprint density at radius 3 is 2.95 bits per heavy atom. The summed E-state index contributed by atoms with van der Waals surface area (Å²) in [4.78, 5) is 11.5. The van der Waals surface area contributed by atoms with Gasteiger partial charge in [0.05, 0.1) is 0 Å². The quantitative estimate of drug-likeness (QED) is 0.788. The monoisotopic (exact) mass is 322 g/mol. The molecular formula is C16H15ClO3S. The van der Waals surface area contributed by atoms with Crippen LogP contribution in [0.15, 0.2) is 35.7 Å². The average Bonchev–Trinajstić information content (AvgIpc) is 2.92. The lowest BCUT2D eigenvalue weighted by Gasteiger charge is -2.07. The van der Waals surface area contributed by atoms with Gasteiger partial charge >= 0.3 is 5.97 Å². The fourth-order valence-corrected chi connectivity index (χ4v) is 2.81. The van der Waals surface area contributed by atoms with Crippen LogP contribution in [0, 0.1) is 0 Å². The van der Waals surface area contributed by atoms with E-state index in [9.17, 15) is 4.79 Å². The first kappa shape index (κ1) is 15.6. The molecule has 0 aliphatic heterocycles. The van der Waals surface area contributed by atoms with E-state index in [-0.39, 0.29) is 0 Å². The van der Waals surface area contributed by atoms with Crippen molar-refractivity contribution in [2.45, 2.75) is 20.0 Å². The van der Waals surface area contributed by atoms with Crippen molar-refractivity contribution in [3.05, 3.63) is 56.7 Å². The molecule has 1 aromatic heterocycles. The zero-order valence-corrected chi connectivity index (χ0v) is 13.1. The second kappa shape index (κ2) is 7.29. The van der Waals surface area contributed by atoms with E-state index in [0.717, 1.165) is 39.3 Å². The fourth-order valence-electron chi connectivity index (χ4n) is 1.79. The van der Waals surface area contributed by atoms with Gasteiger partial charge in [0.2, 0.25) is 0 Å². The summed E-state index contributed by atoms with van der Waals surface area (Å²) < 4.78 is 5.74. The summed E-state index contributed by atoms with van der Waals surface area (Å²) in [6.07, 6.45) is 3.55. The summed E-state index contributed by atoms with van der Waals surface area (Å²) in [5, 5.41) is 11.2. The molecule has 0 fully saturated rings. The Balaban J connectivity index is 1.98. The molecular weight excluding hydrogens is 308 g/mol. The van der Waals surface area contributed by atoms with E-state index in [1.807, 2.05) is 36.6 Å². The molecule has 0 aliphatic rings. The molecule has 0 unspecified atom stereocenters. The minimum atomic E-state index is -0.952. The van der Waals surface area contributed by atoms with Gasteiger partial charge in [-0.3, -0.25) is 0 Å². The lowest BCUT2D eigenvalue weighted by atomic mass is 10.1. The third-order valence-electron chi connectivity index (χ3n) is 2.87. The molecule has 110 valence electrons. The van der Waals surface area contributed by atoms with Crippen molar-refractivity contribution in [1.29, 1.82) is 0 Å². The minimum Gasteiger partial charge on any atom is -0.488 e. The predicted octanol–water partition coefficient (Wildman–Crippen LogP) is 4.64. The summed E-state index contributed by atoms with van der Waals surface area (Å²) in [5.41, 5.74) is 1.93. The number of thiophene rings is 1. The Morgan fingerprint density at radius 2 is 2.24 bits per heavy atom. The van der Waals surface area contributed by atoms with E-state index < -0.39 is 5.97 Å². The van der Waals surface area contributed by atoms with Gasteiger partial charge in [0.25, 0.3) is 0 Å². The molecule has 1 N–H and O–H groups in total. The standard InChI is InChI=1S/C16H15ClO3S/c1-2-12-8-13(4-5-15(12)17)20-9-14-7-11(10-21-14)3-6-16(18)19/h3-8,10H,2,9H2,1H3,(H,18,19). The minimum absolute atomic E-state index is 0.455. The van der Waals surface area contributed by atoms with Crippen molar-refractivity contribution in [3.63, 3.8) is 0 Å². The van der Waals surface area contributed by atoms with Gasteiger partial charge < -0.3 is 9.84 Å². The van der Waals surface area contributed by atoms with Gasteiger partial charge in [0.15, 0.2) is 0 Å². The number of hydrogen-bond acceptors (Lipinski definition) is 3. The highest BCUT2D eigenvalue weighted by molar-refractivity contribution is 7.10. The molecule has 0 spiro atoms. The van der Waals surface area contributed by atoms with E-state index in [2.05, 4.69) is 0 Å². The number of aryl methyl sites for hydroxylation is 1. The topological polar surface area (TPSA) is 46.5 Å². The van der Waals surface area contributed by atoms with Gasteiger partial charge in [-0.15, -0.1) is 11.3 Å². The van der Waals surface area contributed by atoms with Crippen LogP contribution in [0.25, 0.3) is 6.08 Å². The van der Waals surface area contributed by atoms with Gasteiger partial charge in [-0.2, -0.15) is 0 Å². The van der Waals surface area contributed by atoms with Crippen LogP contribution in [0.5, 0.6) is 5.75 Å². The van der Waals surface area contributed by atoms with Crippen molar-refractivity contribution < 1.29 is 14.6 Å². The maximum absolute atomic E-state index is 10.5. The molecule has 0 amide bonds. The molecule has 0 saturated heterocycles. The first-order valence-corrected chi connectivity index (χ1v) is 7.74. The van der Waals surface area contributed by atoms with Gasteiger partial charge in [0.1, 0.15) is 12.4 Å². The third-order valence-corrected chi connectivity index (χ3v) is 4.17. The molecule has 1 heterocycles. The van der Waals surface area contributed by atoms with Crippen LogP contribution in [0.4, 0.5) is 0 Å². The molecule has 0 radical (unpaired) electrons. The number of carbonyl (C=O) groups is 1. The normalized spacial score (nSPS) is 11.0. The third kappa shape index (κ3) is 4.62. The zero-order valence-electron chi connectivity index (χ0n) is 11.5. The van der Waals surface area contributed by atoms with E-state index in [0.29, 0.717) is 6.61 Å². The second-order valence-corrected chi connectivity index (χ2v) is 5.82. The van der Waals surface area contributed by atoms with Crippen molar-refractivity contribution >= 4 is 35.0 Å². The highest BCUT2D eigenvalue weighted by Crippen LogP contribution is 2.24. The number of aliphatic carboxylic acids is 1. The van der Waals surface area contributed by atoms with Gasteiger partial charge in [0, 0.05) is 16.0 Å². The second-order valence-electron chi connectivity index (χ2n) is 4.41. The first-order chi connectivity index (χ1) is 10.1. The molecule has 2 rings (SSSR count). The molecule has 3 nitrogen and oxygen atoms in total. The fraction of sp³-hybridized carbons (Fsp3) is 0.188. The molecule has 5 heteroatoms. The Morgan fingerprint density at radius 1 is 1.43 bits per heavy atom. The van der Waals surface area contributed by atoms with Gasteiger partial charge in [-0.05, 0) is 53.3 Å².